The molecular formula is C23H27F4N3O2. The zero-order valence-corrected chi connectivity index (χ0v) is 18.1. The van der Waals surface area contributed by atoms with E-state index in [1.165, 1.54) is 24.0 Å². The Morgan fingerprint density at radius 1 is 1.19 bits per heavy atom. The van der Waals surface area contributed by atoms with Gasteiger partial charge in [-0.25, -0.2) is 9.18 Å². The topological polar surface area (TPSA) is 65.5 Å². The number of likely N-dealkylation sites (tertiary alicyclic amines) is 1. The second kappa shape index (κ2) is 9.44. The molecule has 2 heterocycles. The normalized spacial score (nSPS) is 16.2. The van der Waals surface area contributed by atoms with E-state index >= 15 is 4.39 Å². The van der Waals surface area contributed by atoms with Gasteiger partial charge in [0.25, 0.3) is 0 Å². The Hall–Kier alpha value is -2.68. The van der Waals surface area contributed by atoms with Crippen LogP contribution in [0, 0.1) is 13.8 Å². The van der Waals surface area contributed by atoms with Gasteiger partial charge >= 0.3 is 12.2 Å². The third-order valence-electron chi connectivity index (χ3n) is 5.81. The van der Waals surface area contributed by atoms with Crippen molar-refractivity contribution in [1.82, 2.24) is 9.88 Å². The van der Waals surface area contributed by atoms with Crippen molar-refractivity contribution in [3.63, 3.8) is 0 Å². The van der Waals surface area contributed by atoms with Crippen molar-refractivity contribution in [2.45, 2.75) is 51.4 Å². The van der Waals surface area contributed by atoms with E-state index in [0.717, 1.165) is 17.2 Å². The quantitative estimate of drug-likeness (QED) is 0.617. The monoisotopic (exact) mass is 453 g/mol. The highest BCUT2D eigenvalue weighted by atomic mass is 19.4. The number of carbonyl (C=O) groups excluding carboxylic acids is 1. The molecule has 1 saturated heterocycles. The third kappa shape index (κ3) is 5.38. The van der Waals surface area contributed by atoms with Gasteiger partial charge in [-0.15, -0.1) is 0 Å². The molecule has 174 valence electrons. The fourth-order valence-electron chi connectivity index (χ4n) is 4.09. The lowest BCUT2D eigenvalue weighted by Crippen LogP contribution is -2.45. The number of aromatic nitrogens is 1. The first kappa shape index (κ1) is 24.0. The van der Waals surface area contributed by atoms with Crippen molar-refractivity contribution in [1.29, 1.82) is 0 Å². The number of piperidine rings is 1. The molecule has 1 aromatic heterocycles. The molecule has 1 aromatic carbocycles. The molecule has 0 spiro atoms. The number of hydrogen-bond donors (Lipinski definition) is 2. The van der Waals surface area contributed by atoms with Crippen LogP contribution in [-0.4, -0.2) is 40.7 Å². The maximum absolute atomic E-state index is 15.7. The summed E-state index contributed by atoms with van der Waals surface area (Å²) in [4.78, 5) is 18.3. The summed E-state index contributed by atoms with van der Waals surface area (Å²) in [5, 5.41) is 11.6. The first-order chi connectivity index (χ1) is 15.0. The second-order valence-corrected chi connectivity index (χ2v) is 8.25. The van der Waals surface area contributed by atoms with Gasteiger partial charge in [0.05, 0.1) is 11.3 Å². The molecule has 2 N–H and O–H groups in total. The van der Waals surface area contributed by atoms with E-state index < -0.39 is 23.4 Å². The number of aryl methyl sites for hydroxylation is 3. The minimum atomic E-state index is -4.45. The van der Waals surface area contributed by atoms with E-state index in [2.05, 4.69) is 10.3 Å². The SMILES string of the molecule is Cc1cc(NC(=O)N2CCC(F)(c3ncc(CCCO)cc3C)CC2)ccc1C(F)(F)F. The molecule has 1 aliphatic heterocycles. The van der Waals surface area contributed by atoms with Crippen molar-refractivity contribution in [2.24, 2.45) is 0 Å². The number of rotatable bonds is 5. The summed E-state index contributed by atoms with van der Waals surface area (Å²) >= 11 is 0. The minimum absolute atomic E-state index is 0.0145. The number of benzene rings is 1. The Labute approximate surface area is 184 Å². The van der Waals surface area contributed by atoms with Crippen molar-refractivity contribution < 1.29 is 27.5 Å². The van der Waals surface area contributed by atoms with E-state index in [-0.39, 0.29) is 43.8 Å². The van der Waals surface area contributed by atoms with Crippen LogP contribution in [0.2, 0.25) is 0 Å². The molecule has 0 radical (unpaired) electrons. The number of aliphatic hydroxyl groups is 1. The van der Waals surface area contributed by atoms with Gasteiger partial charge in [0.2, 0.25) is 0 Å². The molecule has 0 aliphatic carbocycles. The summed E-state index contributed by atoms with van der Waals surface area (Å²) in [5.41, 5.74) is -0.0890. The van der Waals surface area contributed by atoms with Crippen LogP contribution in [0.4, 0.5) is 28.0 Å². The fraction of sp³-hybridized carbons (Fsp3) is 0.478. The molecular weight excluding hydrogens is 426 g/mol. The highest BCUT2D eigenvalue weighted by Crippen LogP contribution is 2.38. The number of anilines is 1. The van der Waals surface area contributed by atoms with Crippen LogP contribution in [0.3, 0.4) is 0 Å². The number of halogens is 4. The maximum Gasteiger partial charge on any atom is 0.416 e. The Bertz CT molecular complexity index is 970. The van der Waals surface area contributed by atoms with E-state index in [0.29, 0.717) is 18.5 Å². The van der Waals surface area contributed by atoms with Gasteiger partial charge in [-0.3, -0.25) is 4.98 Å². The average molecular weight is 453 g/mol. The van der Waals surface area contributed by atoms with Crippen LogP contribution in [-0.2, 0) is 18.3 Å². The van der Waals surface area contributed by atoms with Crippen molar-refractivity contribution in [2.75, 3.05) is 25.0 Å². The van der Waals surface area contributed by atoms with Crippen molar-refractivity contribution >= 4 is 11.7 Å². The Balaban J connectivity index is 1.62. The molecule has 0 atom stereocenters. The third-order valence-corrected chi connectivity index (χ3v) is 5.81. The standard InChI is InChI=1S/C23H27F4N3O2/c1-15-13-18(5-6-19(15)23(25,26)27)29-21(32)30-9-7-22(24,8-10-30)20-16(2)12-17(14-28-20)4-3-11-31/h5-6,12-14,31H,3-4,7-11H2,1-2H3,(H,29,32). The van der Waals surface area contributed by atoms with Crippen molar-refractivity contribution in [3.8, 4) is 0 Å². The molecule has 0 unspecified atom stereocenters. The number of amides is 2. The molecule has 0 bridgehead atoms. The molecule has 2 aromatic rings. The molecule has 1 aliphatic rings. The second-order valence-electron chi connectivity index (χ2n) is 8.25. The van der Waals surface area contributed by atoms with E-state index in [1.807, 2.05) is 6.07 Å². The largest absolute Gasteiger partial charge is 0.416 e. The lowest BCUT2D eigenvalue weighted by molar-refractivity contribution is -0.138. The number of pyridine rings is 1. The van der Waals surface area contributed by atoms with Crippen LogP contribution < -0.4 is 5.32 Å². The molecule has 9 heteroatoms. The van der Waals surface area contributed by atoms with Gasteiger partial charge in [0.15, 0.2) is 5.67 Å². The number of urea groups is 1. The van der Waals surface area contributed by atoms with E-state index in [1.54, 1.807) is 13.1 Å². The van der Waals surface area contributed by atoms with Crippen LogP contribution >= 0.6 is 0 Å². The predicted molar refractivity (Wildman–Crippen MR) is 113 cm³/mol. The summed E-state index contributed by atoms with van der Waals surface area (Å²) in [7, 11) is 0. The number of alkyl halides is 4. The number of nitrogens with one attached hydrogen (secondary N) is 1. The van der Waals surface area contributed by atoms with E-state index in [9.17, 15) is 18.0 Å². The number of carbonyl (C=O) groups is 1. The summed E-state index contributed by atoms with van der Waals surface area (Å²) in [6, 6.07) is 4.83. The van der Waals surface area contributed by atoms with Crippen LogP contribution in [0.1, 0.15) is 47.2 Å². The predicted octanol–water partition coefficient (Wildman–Crippen LogP) is 5.13. The van der Waals surface area contributed by atoms with Gasteiger partial charge in [0, 0.05) is 44.4 Å². The summed E-state index contributed by atoms with van der Waals surface area (Å²) in [6.45, 7) is 3.54. The van der Waals surface area contributed by atoms with Gasteiger partial charge in [-0.2, -0.15) is 13.2 Å². The highest BCUT2D eigenvalue weighted by Gasteiger charge is 2.40. The average Bonchev–Trinajstić information content (AvgIpc) is 2.71. The molecule has 5 nitrogen and oxygen atoms in total. The lowest BCUT2D eigenvalue weighted by atomic mass is 9.87. The molecule has 0 saturated carbocycles. The van der Waals surface area contributed by atoms with Gasteiger partial charge in [0.1, 0.15) is 0 Å². The molecule has 2 amide bonds. The van der Waals surface area contributed by atoms with Crippen LogP contribution in [0.5, 0.6) is 0 Å². The first-order valence-corrected chi connectivity index (χ1v) is 10.5. The van der Waals surface area contributed by atoms with Crippen molar-refractivity contribution in [3.05, 3.63) is 58.4 Å². The molecule has 32 heavy (non-hydrogen) atoms. The summed E-state index contributed by atoms with van der Waals surface area (Å²) < 4.78 is 54.4. The zero-order valence-electron chi connectivity index (χ0n) is 18.1. The van der Waals surface area contributed by atoms with E-state index in [4.69, 9.17) is 5.11 Å². The Morgan fingerprint density at radius 3 is 2.44 bits per heavy atom. The number of hydrogen-bond acceptors (Lipinski definition) is 3. The van der Waals surface area contributed by atoms with Gasteiger partial charge in [-0.05, 0) is 61.6 Å². The Kier molecular flexibility index (Phi) is 7.07. The van der Waals surface area contributed by atoms with Gasteiger partial charge in [-0.1, -0.05) is 6.07 Å². The van der Waals surface area contributed by atoms with Crippen LogP contribution in [0.15, 0.2) is 30.5 Å². The first-order valence-electron chi connectivity index (χ1n) is 10.5. The number of aliphatic hydroxyl groups excluding tert-OH is 1. The maximum atomic E-state index is 15.7. The summed E-state index contributed by atoms with van der Waals surface area (Å²) in [6.07, 6.45) is -1.38. The minimum Gasteiger partial charge on any atom is -0.396 e. The zero-order chi connectivity index (χ0) is 23.5. The smallest absolute Gasteiger partial charge is 0.396 e. The number of nitrogens with zero attached hydrogens (tertiary/aromatic N) is 2. The molecule has 1 fully saturated rings. The lowest BCUT2D eigenvalue weighted by Gasteiger charge is -2.36. The highest BCUT2D eigenvalue weighted by molar-refractivity contribution is 5.89. The summed E-state index contributed by atoms with van der Waals surface area (Å²) in [5.74, 6) is 0. The van der Waals surface area contributed by atoms with Crippen LogP contribution in [0.25, 0.3) is 0 Å². The van der Waals surface area contributed by atoms with Gasteiger partial charge < -0.3 is 15.3 Å². The molecule has 3 rings (SSSR count). The fourth-order valence-corrected chi connectivity index (χ4v) is 4.09. The Morgan fingerprint density at radius 2 is 1.88 bits per heavy atom.